The molecule has 1 amide bonds. The third kappa shape index (κ3) is 1.88. The predicted octanol–water partition coefficient (Wildman–Crippen LogP) is 1.82. The molecule has 0 saturated carbocycles. The van der Waals surface area contributed by atoms with Crippen LogP contribution in [0.5, 0.6) is 5.75 Å². The summed E-state index contributed by atoms with van der Waals surface area (Å²) in [7, 11) is 0. The summed E-state index contributed by atoms with van der Waals surface area (Å²) in [6, 6.07) is 5.59. The van der Waals surface area contributed by atoms with Gasteiger partial charge in [-0.1, -0.05) is 13.0 Å². The summed E-state index contributed by atoms with van der Waals surface area (Å²) in [5.41, 5.74) is 7.52. The van der Waals surface area contributed by atoms with Crippen LogP contribution in [0, 0.1) is 0 Å². The van der Waals surface area contributed by atoms with Crippen LogP contribution < -0.4 is 15.8 Å². The smallest absolute Gasteiger partial charge is 0.265 e. The maximum Gasteiger partial charge on any atom is 0.265 e. The Labute approximate surface area is 94.8 Å². The van der Waals surface area contributed by atoms with E-state index in [0.717, 1.165) is 11.3 Å². The highest BCUT2D eigenvalue weighted by Gasteiger charge is 2.26. The van der Waals surface area contributed by atoms with Crippen molar-refractivity contribution in [1.29, 1.82) is 0 Å². The van der Waals surface area contributed by atoms with Gasteiger partial charge in [-0.2, -0.15) is 0 Å². The van der Waals surface area contributed by atoms with Crippen molar-refractivity contribution in [1.82, 2.24) is 0 Å². The second kappa shape index (κ2) is 4.14. The molecule has 1 aromatic carbocycles. The van der Waals surface area contributed by atoms with Gasteiger partial charge in [-0.05, 0) is 31.0 Å². The molecule has 86 valence electrons. The molecular weight excluding hydrogens is 204 g/mol. The van der Waals surface area contributed by atoms with Gasteiger partial charge in [0.05, 0.1) is 5.69 Å². The first-order valence-corrected chi connectivity index (χ1v) is 5.49. The molecule has 0 aromatic heterocycles. The van der Waals surface area contributed by atoms with E-state index in [-0.39, 0.29) is 11.9 Å². The van der Waals surface area contributed by atoms with Crippen molar-refractivity contribution < 1.29 is 9.53 Å². The fourth-order valence-electron chi connectivity index (χ4n) is 1.71. The largest absolute Gasteiger partial charge is 0.478 e. The van der Waals surface area contributed by atoms with Crippen LogP contribution in [0.4, 0.5) is 5.69 Å². The standard InChI is InChI=1S/C12H16N2O2/c1-3-10-12(15)14-9-5-4-8(7(2)13)6-11(9)16-10/h4-7,10H,3,13H2,1-2H3,(H,14,15)/t7-,10-/m0/s1. The maximum atomic E-state index is 11.5. The van der Waals surface area contributed by atoms with Gasteiger partial charge >= 0.3 is 0 Å². The second-order valence-corrected chi connectivity index (χ2v) is 4.05. The minimum atomic E-state index is -0.393. The number of ether oxygens (including phenoxy) is 1. The molecule has 1 heterocycles. The van der Waals surface area contributed by atoms with Gasteiger partial charge in [-0.25, -0.2) is 0 Å². The molecule has 1 aromatic rings. The summed E-state index contributed by atoms with van der Waals surface area (Å²) >= 11 is 0. The summed E-state index contributed by atoms with van der Waals surface area (Å²) in [6.07, 6.45) is 0.268. The molecule has 0 saturated heterocycles. The average Bonchev–Trinajstić information content (AvgIpc) is 2.27. The van der Waals surface area contributed by atoms with Gasteiger partial charge in [0.15, 0.2) is 6.10 Å². The lowest BCUT2D eigenvalue weighted by atomic mass is 10.1. The summed E-state index contributed by atoms with van der Waals surface area (Å²) < 4.78 is 5.62. The molecule has 2 rings (SSSR count). The maximum absolute atomic E-state index is 11.5. The number of hydrogen-bond donors (Lipinski definition) is 2. The first-order chi connectivity index (χ1) is 7.61. The summed E-state index contributed by atoms with van der Waals surface area (Å²) in [5.74, 6) is 0.629. The number of rotatable bonds is 2. The molecule has 4 heteroatoms. The Morgan fingerprint density at radius 1 is 1.56 bits per heavy atom. The summed E-state index contributed by atoms with van der Waals surface area (Å²) in [4.78, 5) is 11.5. The minimum Gasteiger partial charge on any atom is -0.478 e. The van der Waals surface area contributed by atoms with E-state index in [9.17, 15) is 4.79 Å². The molecule has 3 N–H and O–H groups in total. The van der Waals surface area contributed by atoms with E-state index in [4.69, 9.17) is 10.5 Å². The van der Waals surface area contributed by atoms with Crippen LogP contribution in [-0.4, -0.2) is 12.0 Å². The summed E-state index contributed by atoms with van der Waals surface area (Å²) in [5, 5.41) is 2.82. The van der Waals surface area contributed by atoms with Crippen LogP contribution in [-0.2, 0) is 4.79 Å². The Bertz CT molecular complexity index is 415. The number of nitrogens with two attached hydrogens (primary N) is 1. The van der Waals surface area contributed by atoms with Crippen molar-refractivity contribution in [3.63, 3.8) is 0 Å². The fourth-order valence-corrected chi connectivity index (χ4v) is 1.71. The molecule has 0 spiro atoms. The molecular formula is C12H16N2O2. The van der Waals surface area contributed by atoms with E-state index in [0.29, 0.717) is 12.2 Å². The third-order valence-electron chi connectivity index (χ3n) is 2.72. The lowest BCUT2D eigenvalue weighted by molar-refractivity contribution is -0.123. The van der Waals surface area contributed by atoms with Gasteiger partial charge in [0.2, 0.25) is 0 Å². The molecule has 1 aliphatic heterocycles. The quantitative estimate of drug-likeness (QED) is 0.799. The number of nitrogens with one attached hydrogen (secondary N) is 1. The highest BCUT2D eigenvalue weighted by Crippen LogP contribution is 2.32. The van der Waals surface area contributed by atoms with E-state index in [2.05, 4.69) is 5.32 Å². The van der Waals surface area contributed by atoms with E-state index in [1.807, 2.05) is 32.0 Å². The lowest BCUT2D eigenvalue weighted by Gasteiger charge is -2.25. The number of amides is 1. The number of carbonyl (C=O) groups is 1. The topological polar surface area (TPSA) is 64.3 Å². The monoisotopic (exact) mass is 220 g/mol. The zero-order chi connectivity index (χ0) is 11.7. The fraction of sp³-hybridized carbons (Fsp3) is 0.417. The van der Waals surface area contributed by atoms with Crippen molar-refractivity contribution in [3.05, 3.63) is 23.8 Å². The number of benzene rings is 1. The molecule has 1 aliphatic rings. The van der Waals surface area contributed by atoms with Gasteiger partial charge in [0, 0.05) is 6.04 Å². The van der Waals surface area contributed by atoms with Crippen LogP contribution >= 0.6 is 0 Å². The molecule has 4 nitrogen and oxygen atoms in total. The van der Waals surface area contributed by atoms with Gasteiger partial charge in [-0.15, -0.1) is 0 Å². The minimum absolute atomic E-state index is 0.0356. The Morgan fingerprint density at radius 2 is 2.31 bits per heavy atom. The molecule has 0 unspecified atom stereocenters. The molecule has 0 radical (unpaired) electrons. The number of anilines is 1. The first kappa shape index (κ1) is 11.0. The SMILES string of the molecule is CC[C@@H]1Oc2cc([C@H](C)N)ccc2NC1=O. The van der Waals surface area contributed by atoms with Crippen molar-refractivity contribution in [2.45, 2.75) is 32.4 Å². The van der Waals surface area contributed by atoms with Gasteiger partial charge in [0.1, 0.15) is 5.75 Å². The highest BCUT2D eigenvalue weighted by molar-refractivity contribution is 5.97. The molecule has 2 atom stereocenters. The number of fused-ring (bicyclic) bond motifs is 1. The molecule has 0 fully saturated rings. The van der Waals surface area contributed by atoms with E-state index in [1.54, 1.807) is 0 Å². The normalized spacial score (nSPS) is 20.7. The van der Waals surface area contributed by atoms with E-state index in [1.165, 1.54) is 0 Å². The molecule has 16 heavy (non-hydrogen) atoms. The third-order valence-corrected chi connectivity index (χ3v) is 2.72. The number of hydrogen-bond acceptors (Lipinski definition) is 3. The van der Waals surface area contributed by atoms with Gasteiger partial charge in [0.25, 0.3) is 5.91 Å². The van der Waals surface area contributed by atoms with Crippen LogP contribution in [0.2, 0.25) is 0 Å². The molecule has 0 aliphatic carbocycles. The summed E-state index contributed by atoms with van der Waals surface area (Å²) in [6.45, 7) is 3.84. The van der Waals surface area contributed by atoms with Gasteiger partial charge in [-0.3, -0.25) is 4.79 Å². The first-order valence-electron chi connectivity index (χ1n) is 5.49. The lowest BCUT2D eigenvalue weighted by Crippen LogP contribution is -2.36. The van der Waals surface area contributed by atoms with E-state index < -0.39 is 6.10 Å². The van der Waals surface area contributed by atoms with Crippen molar-refractivity contribution in [2.75, 3.05) is 5.32 Å². The van der Waals surface area contributed by atoms with Crippen molar-refractivity contribution in [2.24, 2.45) is 5.73 Å². The zero-order valence-corrected chi connectivity index (χ0v) is 9.49. The van der Waals surface area contributed by atoms with E-state index >= 15 is 0 Å². The van der Waals surface area contributed by atoms with Crippen molar-refractivity contribution >= 4 is 11.6 Å². The average molecular weight is 220 g/mol. The Morgan fingerprint density at radius 3 is 2.94 bits per heavy atom. The Hall–Kier alpha value is -1.55. The van der Waals surface area contributed by atoms with Crippen molar-refractivity contribution in [3.8, 4) is 5.75 Å². The zero-order valence-electron chi connectivity index (χ0n) is 9.49. The Kier molecular flexibility index (Phi) is 2.83. The number of carbonyl (C=O) groups excluding carboxylic acids is 1. The second-order valence-electron chi connectivity index (χ2n) is 4.05. The predicted molar refractivity (Wildman–Crippen MR) is 62.4 cm³/mol. The van der Waals surface area contributed by atoms with Crippen LogP contribution in [0.1, 0.15) is 31.9 Å². The van der Waals surface area contributed by atoms with Crippen LogP contribution in [0.15, 0.2) is 18.2 Å². The molecule has 0 bridgehead atoms. The van der Waals surface area contributed by atoms with Gasteiger partial charge < -0.3 is 15.8 Å². The highest BCUT2D eigenvalue weighted by atomic mass is 16.5. The van der Waals surface area contributed by atoms with Crippen LogP contribution in [0.3, 0.4) is 0 Å². The van der Waals surface area contributed by atoms with Crippen LogP contribution in [0.25, 0.3) is 0 Å². The Balaban J connectivity index is 2.33.